The molecule has 3 heteroatoms. The molecule has 0 aliphatic carbocycles. The lowest BCUT2D eigenvalue weighted by atomic mass is 9.99. The summed E-state index contributed by atoms with van der Waals surface area (Å²) in [7, 11) is 0. The van der Waals surface area contributed by atoms with Crippen molar-refractivity contribution in [3.05, 3.63) is 206 Å². The lowest BCUT2D eigenvalue weighted by Gasteiger charge is -2.10. The number of fused-ring (bicyclic) bond motifs is 9. The van der Waals surface area contributed by atoms with E-state index in [1.807, 2.05) is 24.3 Å². The zero-order valence-electron chi connectivity index (χ0n) is 35.5. The molecular weight excluding hydrogens is 693 g/mol. The zero-order valence-corrected chi connectivity index (χ0v) is 30.5. The van der Waals surface area contributed by atoms with Gasteiger partial charge < -0.3 is 13.6 Å². The molecule has 0 saturated carbocycles. The monoisotopic (exact) mass is 731 g/mol. The largest absolute Gasteiger partial charge is 0.456 e. The second-order valence-electron chi connectivity index (χ2n) is 14.5. The van der Waals surface area contributed by atoms with Crippen LogP contribution in [-0.2, 0) is 0 Å². The van der Waals surface area contributed by atoms with Gasteiger partial charge in [0.25, 0.3) is 0 Å². The van der Waals surface area contributed by atoms with Gasteiger partial charge in [0.2, 0.25) is 0 Å². The molecule has 0 bridgehead atoms. The van der Waals surface area contributed by atoms with E-state index in [0.717, 1.165) is 60.7 Å². The van der Waals surface area contributed by atoms with Gasteiger partial charge in [-0.05, 0) is 106 Å². The molecule has 0 fully saturated rings. The van der Waals surface area contributed by atoms with Crippen molar-refractivity contribution >= 4 is 65.6 Å². The molecule has 0 amide bonds. The molecule has 0 saturated heterocycles. The number of rotatable bonds is 5. The fourth-order valence-electron chi connectivity index (χ4n) is 8.84. The number of aromatic nitrogens is 2. The topological polar surface area (TPSA) is 23.0 Å². The zero-order chi connectivity index (χ0) is 41.8. The lowest BCUT2D eigenvalue weighted by molar-refractivity contribution is 0.669. The van der Waals surface area contributed by atoms with Crippen LogP contribution in [0.2, 0.25) is 0 Å². The van der Waals surface area contributed by atoms with E-state index in [9.17, 15) is 0 Å². The Kier molecular flexibility index (Phi) is 5.91. The molecule has 12 rings (SSSR count). The summed E-state index contributed by atoms with van der Waals surface area (Å²) in [5.74, 6) is 0. The molecule has 57 heavy (non-hydrogen) atoms. The molecule has 3 heterocycles. The van der Waals surface area contributed by atoms with Crippen LogP contribution in [0.4, 0.5) is 0 Å². The van der Waals surface area contributed by atoms with Crippen molar-refractivity contribution in [2.75, 3.05) is 0 Å². The summed E-state index contributed by atoms with van der Waals surface area (Å²) in [5, 5.41) is 6.13. The standard InChI is InChI=1S/C54H34N2O/c1-3-12-35(13-4-1)36-22-26-40(27-23-36)55-48-19-9-7-16-43(48)45-32-38(24-29-50(45)55)39-25-30-51-46(33-39)44-17-8-10-20-49(44)56(51)41-28-31-52-47(34-41)54-42(18-11-21-53(54)57-52)37-14-5-2-6-15-37/h1-34H/i2D,5D,6D,14D,15D. The first-order chi connectivity index (χ1) is 30.3. The van der Waals surface area contributed by atoms with E-state index in [0.29, 0.717) is 22.1 Å². The maximum Gasteiger partial charge on any atom is 0.136 e. The third-order valence-electron chi connectivity index (χ3n) is 11.4. The fraction of sp³-hybridized carbons (Fsp3) is 0. The van der Waals surface area contributed by atoms with Gasteiger partial charge in [-0.1, -0.05) is 133 Å². The Morgan fingerprint density at radius 3 is 1.60 bits per heavy atom. The van der Waals surface area contributed by atoms with Gasteiger partial charge in [-0.15, -0.1) is 0 Å². The summed E-state index contributed by atoms with van der Waals surface area (Å²) in [4.78, 5) is 0. The molecule has 0 unspecified atom stereocenters. The second-order valence-corrected chi connectivity index (χ2v) is 14.5. The number of furan rings is 1. The fourth-order valence-corrected chi connectivity index (χ4v) is 8.84. The van der Waals surface area contributed by atoms with Gasteiger partial charge in [0.05, 0.1) is 28.9 Å². The van der Waals surface area contributed by atoms with Crippen LogP contribution in [0.25, 0.3) is 110 Å². The van der Waals surface area contributed by atoms with Crippen molar-refractivity contribution < 1.29 is 11.3 Å². The van der Waals surface area contributed by atoms with E-state index in [2.05, 4.69) is 149 Å². The van der Waals surface area contributed by atoms with E-state index in [4.69, 9.17) is 11.3 Å². The molecule has 266 valence electrons. The van der Waals surface area contributed by atoms with Crippen molar-refractivity contribution in [1.29, 1.82) is 0 Å². The highest BCUT2D eigenvalue weighted by atomic mass is 16.3. The average Bonchev–Trinajstić information content (AvgIpc) is 3.98. The summed E-state index contributed by atoms with van der Waals surface area (Å²) >= 11 is 0. The van der Waals surface area contributed by atoms with E-state index in [1.165, 1.54) is 21.9 Å². The van der Waals surface area contributed by atoms with Crippen molar-refractivity contribution in [2.24, 2.45) is 0 Å². The highest BCUT2D eigenvalue weighted by Crippen LogP contribution is 2.41. The SMILES string of the molecule is [2H]c1c([2H])c([2H])c(-c2cccc3oc4ccc(-n5c6ccccc6c6cc(-c7ccc8c(c7)c7ccccc7n8-c7ccc(-c8ccccc8)cc7)ccc65)cc4c23)c([2H])c1[2H]. The first-order valence-electron chi connectivity index (χ1n) is 21.6. The Labute approximate surface area is 335 Å². The van der Waals surface area contributed by atoms with Gasteiger partial charge in [0.15, 0.2) is 0 Å². The Bertz CT molecular complexity index is 3780. The maximum atomic E-state index is 8.76. The van der Waals surface area contributed by atoms with Gasteiger partial charge in [-0.25, -0.2) is 0 Å². The average molecular weight is 732 g/mol. The number of hydrogen-bond donors (Lipinski definition) is 0. The highest BCUT2D eigenvalue weighted by Gasteiger charge is 2.18. The lowest BCUT2D eigenvalue weighted by Crippen LogP contribution is -1.94. The van der Waals surface area contributed by atoms with Gasteiger partial charge in [0.1, 0.15) is 11.2 Å². The van der Waals surface area contributed by atoms with Gasteiger partial charge in [-0.2, -0.15) is 0 Å². The van der Waals surface area contributed by atoms with E-state index in [1.54, 1.807) is 12.1 Å². The van der Waals surface area contributed by atoms with Crippen molar-refractivity contribution in [2.45, 2.75) is 0 Å². The van der Waals surface area contributed by atoms with Crippen molar-refractivity contribution in [3.8, 4) is 44.8 Å². The molecule has 0 N–H and O–H groups in total. The molecule has 0 spiro atoms. The number of benzene rings is 9. The smallest absolute Gasteiger partial charge is 0.136 e. The minimum Gasteiger partial charge on any atom is -0.456 e. The van der Waals surface area contributed by atoms with E-state index < -0.39 is 6.04 Å². The third kappa shape index (κ3) is 4.92. The Morgan fingerprint density at radius 1 is 0.351 bits per heavy atom. The van der Waals surface area contributed by atoms with Crippen LogP contribution in [0.5, 0.6) is 0 Å². The molecule has 0 radical (unpaired) electrons. The van der Waals surface area contributed by atoms with Crippen LogP contribution in [0.3, 0.4) is 0 Å². The quantitative estimate of drug-likeness (QED) is 0.173. The molecular formula is C54H34N2O. The maximum absolute atomic E-state index is 8.76. The summed E-state index contributed by atoms with van der Waals surface area (Å²) in [6.45, 7) is 0. The van der Waals surface area contributed by atoms with Crippen LogP contribution in [0.15, 0.2) is 211 Å². The third-order valence-corrected chi connectivity index (χ3v) is 11.4. The molecule has 0 aliphatic heterocycles. The molecule has 3 aromatic heterocycles. The predicted octanol–water partition coefficient (Wildman–Crippen LogP) is 14.8. The number of para-hydroxylation sites is 2. The van der Waals surface area contributed by atoms with Gasteiger partial charge >= 0.3 is 0 Å². The first-order valence-corrected chi connectivity index (χ1v) is 19.1. The van der Waals surface area contributed by atoms with Crippen LogP contribution >= 0.6 is 0 Å². The minimum atomic E-state index is -0.418. The highest BCUT2D eigenvalue weighted by molar-refractivity contribution is 6.15. The van der Waals surface area contributed by atoms with Crippen molar-refractivity contribution in [1.82, 2.24) is 9.13 Å². The van der Waals surface area contributed by atoms with Crippen molar-refractivity contribution in [3.63, 3.8) is 0 Å². The number of nitrogens with zero attached hydrogens (tertiary/aromatic N) is 2. The molecule has 9 aromatic carbocycles. The Balaban J connectivity index is 0.997. The molecule has 3 nitrogen and oxygen atoms in total. The van der Waals surface area contributed by atoms with E-state index in [-0.39, 0.29) is 29.7 Å². The van der Waals surface area contributed by atoms with Crippen LogP contribution in [0.1, 0.15) is 6.85 Å². The van der Waals surface area contributed by atoms with Crippen LogP contribution in [-0.4, -0.2) is 9.13 Å². The molecule has 0 atom stereocenters. The second kappa shape index (κ2) is 12.5. The van der Waals surface area contributed by atoms with Crippen LogP contribution < -0.4 is 0 Å². The number of hydrogen-bond acceptors (Lipinski definition) is 1. The molecule has 0 aliphatic rings. The summed E-state index contributed by atoms with van der Waals surface area (Å²) in [6.07, 6.45) is 0. The summed E-state index contributed by atoms with van der Waals surface area (Å²) in [5.41, 5.74) is 13.0. The normalized spacial score (nSPS) is 13.1. The first kappa shape index (κ1) is 27.0. The summed E-state index contributed by atoms with van der Waals surface area (Å²) in [6, 6.07) is 59.7. The summed E-state index contributed by atoms with van der Waals surface area (Å²) < 4.78 is 53.4. The molecule has 12 aromatic rings. The van der Waals surface area contributed by atoms with Gasteiger partial charge in [0, 0.05) is 43.7 Å². The van der Waals surface area contributed by atoms with Crippen LogP contribution in [0, 0.1) is 0 Å². The van der Waals surface area contributed by atoms with Gasteiger partial charge in [-0.3, -0.25) is 0 Å². The minimum absolute atomic E-state index is 0.152. The Hall–Kier alpha value is -7.62. The van der Waals surface area contributed by atoms with E-state index >= 15 is 0 Å². The predicted molar refractivity (Wildman–Crippen MR) is 239 cm³/mol. The Morgan fingerprint density at radius 2 is 0.912 bits per heavy atom.